The summed E-state index contributed by atoms with van der Waals surface area (Å²) in [7, 11) is 0. The average molecular weight is 309 g/mol. The first kappa shape index (κ1) is 16.3. The first-order chi connectivity index (χ1) is 9.66. The Balaban J connectivity index is 0.00000161. The Labute approximate surface area is 133 Å². The van der Waals surface area contributed by atoms with Crippen LogP contribution in [0.15, 0.2) is 24.3 Å². The molecule has 0 radical (unpaired) electrons. The molecule has 116 valence electrons. The first-order valence-corrected chi connectivity index (χ1v) is 7.78. The van der Waals surface area contributed by atoms with Crippen molar-refractivity contribution in [3.8, 4) is 0 Å². The van der Waals surface area contributed by atoms with E-state index in [1.165, 1.54) is 11.1 Å². The highest BCUT2D eigenvalue weighted by atomic mass is 35.5. The maximum absolute atomic E-state index is 13.0. The number of hydrogen-bond donors (Lipinski definition) is 1. The molecular formula is C17H25ClN2O. The highest BCUT2D eigenvalue weighted by Crippen LogP contribution is 2.33. The van der Waals surface area contributed by atoms with Crippen LogP contribution in [0.1, 0.15) is 43.7 Å². The van der Waals surface area contributed by atoms with Crippen molar-refractivity contribution in [3.63, 3.8) is 0 Å². The van der Waals surface area contributed by atoms with Crippen LogP contribution in [0.25, 0.3) is 0 Å². The largest absolute Gasteiger partial charge is 0.337 e. The molecule has 1 heterocycles. The highest BCUT2D eigenvalue weighted by Gasteiger charge is 2.34. The summed E-state index contributed by atoms with van der Waals surface area (Å²) in [4.78, 5) is 15.1. The molecule has 1 aromatic rings. The Morgan fingerprint density at radius 2 is 2.05 bits per heavy atom. The third-order valence-electron chi connectivity index (χ3n) is 4.71. The fraction of sp³-hybridized carbons (Fsp3) is 0.588. The van der Waals surface area contributed by atoms with E-state index in [1.54, 1.807) is 0 Å². The second-order valence-corrected chi connectivity index (χ2v) is 6.29. The fourth-order valence-electron chi connectivity index (χ4n) is 3.54. The van der Waals surface area contributed by atoms with Crippen LogP contribution in [0.5, 0.6) is 0 Å². The van der Waals surface area contributed by atoms with Crippen LogP contribution in [0.2, 0.25) is 0 Å². The Morgan fingerprint density at radius 1 is 1.29 bits per heavy atom. The van der Waals surface area contributed by atoms with E-state index in [2.05, 4.69) is 48.3 Å². The predicted molar refractivity (Wildman–Crippen MR) is 88.0 cm³/mol. The minimum Gasteiger partial charge on any atom is -0.337 e. The minimum absolute atomic E-state index is 0. The molecule has 1 amide bonds. The lowest BCUT2D eigenvalue weighted by molar-refractivity contribution is -0.136. The van der Waals surface area contributed by atoms with Crippen LogP contribution in [0, 0.1) is 0 Å². The van der Waals surface area contributed by atoms with Crippen LogP contribution in [-0.2, 0) is 11.2 Å². The lowest BCUT2D eigenvalue weighted by Gasteiger charge is -2.40. The van der Waals surface area contributed by atoms with Crippen LogP contribution < -0.4 is 5.32 Å². The summed E-state index contributed by atoms with van der Waals surface area (Å²) in [6.45, 7) is 6.03. The van der Waals surface area contributed by atoms with Crippen molar-refractivity contribution in [2.75, 3.05) is 13.1 Å². The Hall–Kier alpha value is -1.06. The summed E-state index contributed by atoms with van der Waals surface area (Å²) in [5.41, 5.74) is 2.63. The van der Waals surface area contributed by atoms with E-state index in [-0.39, 0.29) is 18.3 Å². The first-order valence-electron chi connectivity index (χ1n) is 7.78. The van der Waals surface area contributed by atoms with Crippen LogP contribution >= 0.6 is 12.4 Å². The van der Waals surface area contributed by atoms with Gasteiger partial charge in [0.2, 0.25) is 5.91 Å². The van der Waals surface area contributed by atoms with Crippen molar-refractivity contribution in [1.82, 2.24) is 10.2 Å². The zero-order valence-corrected chi connectivity index (χ0v) is 13.7. The molecule has 0 aromatic heterocycles. The molecule has 0 bridgehead atoms. The van der Waals surface area contributed by atoms with Gasteiger partial charge in [0.25, 0.3) is 0 Å². The van der Waals surface area contributed by atoms with Gasteiger partial charge in [-0.2, -0.15) is 0 Å². The molecule has 3 nitrogen and oxygen atoms in total. The van der Waals surface area contributed by atoms with E-state index in [4.69, 9.17) is 0 Å². The molecule has 1 aliphatic heterocycles. The van der Waals surface area contributed by atoms with Gasteiger partial charge in [-0.05, 0) is 44.2 Å². The molecule has 4 heteroatoms. The normalized spacial score (nSPS) is 28.5. The number of aryl methyl sites for hydroxylation is 1. The van der Waals surface area contributed by atoms with Gasteiger partial charge in [-0.3, -0.25) is 4.79 Å². The highest BCUT2D eigenvalue weighted by molar-refractivity contribution is 5.85. The second kappa shape index (κ2) is 6.80. The molecule has 1 saturated heterocycles. The van der Waals surface area contributed by atoms with Crippen molar-refractivity contribution >= 4 is 18.3 Å². The van der Waals surface area contributed by atoms with Gasteiger partial charge in [0, 0.05) is 25.2 Å². The van der Waals surface area contributed by atoms with E-state index in [0.717, 1.165) is 32.4 Å². The van der Waals surface area contributed by atoms with E-state index < -0.39 is 0 Å². The smallest absolute Gasteiger partial charge is 0.230 e. The number of hydrogen-bond acceptors (Lipinski definition) is 2. The lowest BCUT2D eigenvalue weighted by atomic mass is 9.81. The number of piperazine rings is 1. The van der Waals surface area contributed by atoms with Gasteiger partial charge < -0.3 is 10.2 Å². The van der Waals surface area contributed by atoms with Crippen molar-refractivity contribution in [1.29, 1.82) is 0 Å². The Morgan fingerprint density at radius 3 is 2.86 bits per heavy atom. The van der Waals surface area contributed by atoms with Gasteiger partial charge in [-0.15, -0.1) is 12.4 Å². The second-order valence-electron chi connectivity index (χ2n) is 6.29. The minimum atomic E-state index is 0. The molecule has 1 aromatic carbocycles. The van der Waals surface area contributed by atoms with Gasteiger partial charge in [-0.25, -0.2) is 0 Å². The molecule has 0 saturated carbocycles. The van der Waals surface area contributed by atoms with E-state index in [9.17, 15) is 4.79 Å². The van der Waals surface area contributed by atoms with Crippen molar-refractivity contribution in [2.45, 2.75) is 51.1 Å². The standard InChI is InChI=1S/C17H24N2O.ClH/c1-12-11-19(13(2)10-18-12)17(20)16-9-5-7-14-6-3-4-8-15(14)16;/h3-4,6,8,12-13,16,18H,5,7,9-11H2,1-2H3;1H. The van der Waals surface area contributed by atoms with Gasteiger partial charge in [0.15, 0.2) is 0 Å². The van der Waals surface area contributed by atoms with E-state index >= 15 is 0 Å². The SMILES string of the molecule is CC1CN(C(=O)C2CCCc3ccccc32)C(C)CN1.Cl. The molecule has 3 unspecified atom stereocenters. The molecule has 21 heavy (non-hydrogen) atoms. The maximum atomic E-state index is 13.0. The molecule has 1 fully saturated rings. The van der Waals surface area contributed by atoms with Crippen LogP contribution in [-0.4, -0.2) is 36.0 Å². The number of fused-ring (bicyclic) bond motifs is 1. The molecule has 3 rings (SSSR count). The van der Waals surface area contributed by atoms with Gasteiger partial charge in [-0.1, -0.05) is 24.3 Å². The summed E-state index contributed by atoms with van der Waals surface area (Å²) in [6, 6.07) is 9.17. The number of rotatable bonds is 1. The average Bonchev–Trinajstić information content (AvgIpc) is 2.48. The number of nitrogens with one attached hydrogen (secondary N) is 1. The molecule has 2 aliphatic rings. The van der Waals surface area contributed by atoms with Gasteiger partial charge in [0.05, 0.1) is 5.92 Å². The van der Waals surface area contributed by atoms with Crippen molar-refractivity contribution in [2.24, 2.45) is 0 Å². The van der Waals surface area contributed by atoms with E-state index in [0.29, 0.717) is 18.0 Å². The molecule has 1 N–H and O–H groups in total. The third-order valence-corrected chi connectivity index (χ3v) is 4.71. The zero-order valence-electron chi connectivity index (χ0n) is 12.8. The fourth-order valence-corrected chi connectivity index (χ4v) is 3.54. The molecule has 0 spiro atoms. The third kappa shape index (κ3) is 3.24. The van der Waals surface area contributed by atoms with Crippen LogP contribution in [0.3, 0.4) is 0 Å². The number of benzene rings is 1. The van der Waals surface area contributed by atoms with Crippen LogP contribution in [0.4, 0.5) is 0 Å². The van der Waals surface area contributed by atoms with Gasteiger partial charge in [0.1, 0.15) is 0 Å². The van der Waals surface area contributed by atoms with E-state index in [1.807, 2.05) is 0 Å². The molecule has 1 aliphatic carbocycles. The number of carbonyl (C=O) groups excluding carboxylic acids is 1. The maximum Gasteiger partial charge on any atom is 0.230 e. The van der Waals surface area contributed by atoms with Crippen molar-refractivity contribution in [3.05, 3.63) is 35.4 Å². The molecular weight excluding hydrogens is 284 g/mol. The monoisotopic (exact) mass is 308 g/mol. The topological polar surface area (TPSA) is 32.3 Å². The van der Waals surface area contributed by atoms with Crippen molar-refractivity contribution < 1.29 is 4.79 Å². The summed E-state index contributed by atoms with van der Waals surface area (Å²) < 4.78 is 0. The summed E-state index contributed by atoms with van der Waals surface area (Å²) in [5.74, 6) is 0.408. The number of nitrogens with zero attached hydrogens (tertiary/aromatic N) is 1. The lowest BCUT2D eigenvalue weighted by Crippen LogP contribution is -2.57. The number of halogens is 1. The van der Waals surface area contributed by atoms with Gasteiger partial charge >= 0.3 is 0 Å². The zero-order chi connectivity index (χ0) is 14.1. The Kier molecular flexibility index (Phi) is 5.28. The number of amides is 1. The predicted octanol–water partition coefficient (Wildman–Crippen LogP) is 2.74. The number of carbonyl (C=O) groups is 1. The molecule has 3 atom stereocenters. The quantitative estimate of drug-likeness (QED) is 0.865. The summed E-state index contributed by atoms with van der Waals surface area (Å²) in [6.07, 6.45) is 3.25. The summed E-state index contributed by atoms with van der Waals surface area (Å²) in [5, 5.41) is 3.44. The summed E-state index contributed by atoms with van der Waals surface area (Å²) >= 11 is 0. The Bertz CT molecular complexity index is 505.